The van der Waals surface area contributed by atoms with E-state index < -0.39 is 19.9 Å². The number of ether oxygens (including phenoxy) is 2. The summed E-state index contributed by atoms with van der Waals surface area (Å²) in [4.78, 5) is 48.0. The summed E-state index contributed by atoms with van der Waals surface area (Å²) in [6, 6.07) is 23.8. The maximum absolute atomic E-state index is 12.4. The fourth-order valence-corrected chi connectivity index (χ4v) is 2.14. The zero-order valence-electron chi connectivity index (χ0n) is 15.6. The first-order chi connectivity index (χ1) is 13.7. The standard InChI is InChI=1S/C20H14O4.CH7O3P/c21-19(23-15-9-3-1-4-10-15)17-13-7-8-14-18(17)20(22)24-16-11-5-2-6-12-16;1-5(2,3)4/h1-14H;2-5H,1H3. The number of carbonyl (C=O) groups excluding carboxylic acids is 2. The third-order valence-electron chi connectivity index (χ3n) is 3.27. The number of para-hydroxylation sites is 2. The van der Waals surface area contributed by atoms with Gasteiger partial charge in [-0.1, -0.05) is 48.5 Å². The molecule has 3 aromatic carbocycles. The van der Waals surface area contributed by atoms with E-state index in [1.54, 1.807) is 60.7 Å². The number of hydrogen-bond donors (Lipinski definition) is 3. The number of esters is 2. The van der Waals surface area contributed by atoms with Crippen LogP contribution in [0.1, 0.15) is 20.7 Å². The Morgan fingerprint density at radius 1 is 0.621 bits per heavy atom. The molecule has 0 aliphatic carbocycles. The summed E-state index contributed by atoms with van der Waals surface area (Å²) in [7, 11) is -3.61. The minimum Gasteiger partial charge on any atom is -0.423 e. The maximum Gasteiger partial charge on any atom is 0.344 e. The van der Waals surface area contributed by atoms with Crippen molar-refractivity contribution >= 4 is 19.9 Å². The number of rotatable bonds is 4. The van der Waals surface area contributed by atoms with Crippen molar-refractivity contribution in [2.45, 2.75) is 0 Å². The van der Waals surface area contributed by atoms with Gasteiger partial charge in [0.1, 0.15) is 11.5 Å². The van der Waals surface area contributed by atoms with Crippen LogP contribution in [0.25, 0.3) is 0 Å². The van der Waals surface area contributed by atoms with Crippen LogP contribution in [0.5, 0.6) is 11.5 Å². The number of hydrogen-bond acceptors (Lipinski definition) is 7. The van der Waals surface area contributed by atoms with Crippen molar-refractivity contribution in [3.05, 3.63) is 96.1 Å². The van der Waals surface area contributed by atoms with Crippen molar-refractivity contribution in [3.63, 3.8) is 0 Å². The predicted molar refractivity (Wildman–Crippen MR) is 110 cm³/mol. The van der Waals surface area contributed by atoms with E-state index in [0.29, 0.717) is 11.5 Å². The van der Waals surface area contributed by atoms with Gasteiger partial charge in [0, 0.05) is 0 Å². The molecule has 0 spiro atoms. The Hall–Kier alpha value is -3.09. The van der Waals surface area contributed by atoms with Gasteiger partial charge >= 0.3 is 41.2 Å². The predicted octanol–water partition coefficient (Wildman–Crippen LogP) is 3.21. The molecule has 8 heteroatoms. The van der Waals surface area contributed by atoms with Crippen molar-refractivity contribution in [3.8, 4) is 11.5 Å². The molecule has 0 amide bonds. The molecular weight excluding hydrogens is 395 g/mol. The largest absolute Gasteiger partial charge is 0.423 e. The van der Waals surface area contributed by atoms with Crippen LogP contribution in [-0.2, 0) is 0 Å². The molecule has 3 aromatic rings. The van der Waals surface area contributed by atoms with Gasteiger partial charge in [-0.05, 0) is 36.4 Å². The maximum atomic E-state index is 12.4. The van der Waals surface area contributed by atoms with E-state index in [-0.39, 0.29) is 11.1 Å². The second-order valence-corrected chi connectivity index (χ2v) is 7.86. The van der Waals surface area contributed by atoms with E-state index in [1.165, 1.54) is 12.1 Å². The van der Waals surface area contributed by atoms with Gasteiger partial charge in [-0.25, -0.2) is 9.59 Å². The number of benzene rings is 3. The van der Waals surface area contributed by atoms with Crippen LogP contribution >= 0.6 is 7.94 Å². The second kappa shape index (κ2) is 10.5. The van der Waals surface area contributed by atoms with E-state index >= 15 is 0 Å². The summed E-state index contributed by atoms with van der Waals surface area (Å²) in [5.74, 6) is -0.397. The molecule has 0 saturated carbocycles. The van der Waals surface area contributed by atoms with Gasteiger partial charge in [0.05, 0.1) is 11.1 Å². The minimum atomic E-state index is -3.61. The van der Waals surface area contributed by atoms with Gasteiger partial charge in [0.25, 0.3) is 0 Å². The quantitative estimate of drug-likeness (QED) is 0.340. The van der Waals surface area contributed by atoms with Gasteiger partial charge in [-0.15, -0.1) is 0 Å². The monoisotopic (exact) mass is 416 g/mol. The Bertz CT molecular complexity index is 860. The van der Waals surface area contributed by atoms with Gasteiger partial charge in [-0.2, -0.15) is 0 Å². The fraction of sp³-hybridized carbons (Fsp3) is 0.0476. The minimum absolute atomic E-state index is 0.155. The third kappa shape index (κ3) is 8.21. The van der Waals surface area contributed by atoms with Crippen LogP contribution in [0.4, 0.5) is 0 Å². The topological polar surface area (TPSA) is 113 Å². The molecule has 0 atom stereocenters. The molecule has 0 fully saturated rings. The average Bonchev–Trinajstić information content (AvgIpc) is 2.68. The first kappa shape index (κ1) is 22.2. The number of carbonyl (C=O) groups is 2. The van der Waals surface area contributed by atoms with Crippen molar-refractivity contribution < 1.29 is 33.7 Å². The zero-order valence-corrected chi connectivity index (χ0v) is 16.6. The smallest absolute Gasteiger partial charge is 0.344 e. The van der Waals surface area contributed by atoms with Gasteiger partial charge in [0.15, 0.2) is 0 Å². The summed E-state index contributed by atoms with van der Waals surface area (Å²) >= 11 is 0. The van der Waals surface area contributed by atoms with E-state index in [2.05, 4.69) is 0 Å². The molecular formula is C21H21O7P. The molecule has 0 saturated heterocycles. The molecule has 152 valence electrons. The van der Waals surface area contributed by atoms with Gasteiger partial charge in [-0.3, -0.25) is 0 Å². The average molecular weight is 416 g/mol. The van der Waals surface area contributed by atoms with E-state index in [4.69, 9.17) is 24.2 Å². The molecule has 3 rings (SSSR count). The normalized spacial score (nSPS) is 10.9. The van der Waals surface area contributed by atoms with Crippen LogP contribution in [0.15, 0.2) is 84.9 Å². The SMILES string of the molecule is C[PH](O)(O)O.O=C(Oc1ccccc1)c1ccccc1C(=O)Oc1ccccc1. The third-order valence-corrected chi connectivity index (χ3v) is 3.27. The van der Waals surface area contributed by atoms with Crippen molar-refractivity contribution in [1.82, 2.24) is 0 Å². The molecule has 0 aliphatic rings. The molecule has 0 heterocycles. The first-order valence-corrected chi connectivity index (χ1v) is 10.9. The first-order valence-electron chi connectivity index (χ1n) is 8.54. The fourth-order valence-electron chi connectivity index (χ4n) is 2.14. The molecule has 3 N–H and O–H groups in total. The molecule has 0 unspecified atom stereocenters. The van der Waals surface area contributed by atoms with Crippen LogP contribution in [0.3, 0.4) is 0 Å². The Labute approximate surface area is 168 Å². The zero-order chi connectivity index (χ0) is 21.3. The Balaban J connectivity index is 0.000000537. The summed E-state index contributed by atoms with van der Waals surface area (Å²) in [6.45, 7) is 0.993. The van der Waals surface area contributed by atoms with E-state index in [9.17, 15) is 9.59 Å². The van der Waals surface area contributed by atoms with Gasteiger partial charge < -0.3 is 9.47 Å². The van der Waals surface area contributed by atoms with E-state index in [0.717, 1.165) is 6.66 Å². The second-order valence-electron chi connectivity index (χ2n) is 5.92. The summed E-state index contributed by atoms with van der Waals surface area (Å²) in [6.07, 6.45) is 0. The Kier molecular flexibility index (Phi) is 8.00. The molecule has 0 aromatic heterocycles. The van der Waals surface area contributed by atoms with Crippen LogP contribution < -0.4 is 9.47 Å². The van der Waals surface area contributed by atoms with Crippen LogP contribution in [0.2, 0.25) is 0 Å². The van der Waals surface area contributed by atoms with Crippen molar-refractivity contribution in [2.75, 3.05) is 6.66 Å². The Morgan fingerprint density at radius 3 is 1.21 bits per heavy atom. The molecule has 0 bridgehead atoms. The molecule has 29 heavy (non-hydrogen) atoms. The van der Waals surface area contributed by atoms with E-state index in [1.807, 2.05) is 12.1 Å². The van der Waals surface area contributed by atoms with Crippen molar-refractivity contribution in [1.29, 1.82) is 0 Å². The van der Waals surface area contributed by atoms with Gasteiger partial charge in [0.2, 0.25) is 0 Å². The van der Waals surface area contributed by atoms with Crippen molar-refractivity contribution in [2.24, 2.45) is 0 Å². The molecule has 0 aliphatic heterocycles. The van der Waals surface area contributed by atoms with Crippen LogP contribution in [-0.4, -0.2) is 33.3 Å². The molecule has 7 nitrogen and oxygen atoms in total. The molecule has 0 radical (unpaired) electrons. The summed E-state index contributed by atoms with van der Waals surface area (Å²) in [5, 5.41) is 0. The summed E-state index contributed by atoms with van der Waals surface area (Å²) in [5.41, 5.74) is 0.310. The summed E-state index contributed by atoms with van der Waals surface area (Å²) < 4.78 is 10.6. The Morgan fingerprint density at radius 2 is 0.897 bits per heavy atom. The van der Waals surface area contributed by atoms with Crippen LogP contribution in [0, 0.1) is 0 Å².